The van der Waals surface area contributed by atoms with Gasteiger partial charge in [0.05, 0.1) is 29.3 Å². The summed E-state index contributed by atoms with van der Waals surface area (Å²) in [6, 6.07) is 6.24. The second-order valence-corrected chi connectivity index (χ2v) is 9.35. The number of esters is 2. The number of imidazole rings is 1. The number of nitrogens with one attached hydrogen (secondary N) is 1. The maximum atomic E-state index is 15.7. The summed E-state index contributed by atoms with van der Waals surface area (Å²) < 4.78 is 54.6. The van der Waals surface area contributed by atoms with Gasteiger partial charge >= 0.3 is 11.9 Å². The fourth-order valence-electron chi connectivity index (χ4n) is 4.44. The van der Waals surface area contributed by atoms with Crippen LogP contribution in [0.4, 0.5) is 30.4 Å². The monoisotopic (exact) mass is 545 g/mol. The average Bonchev–Trinajstić information content (AvgIpc) is 3.34. The highest BCUT2D eigenvalue weighted by molar-refractivity contribution is 5.67. The van der Waals surface area contributed by atoms with Gasteiger partial charge < -0.3 is 24.3 Å². The van der Waals surface area contributed by atoms with E-state index in [1.54, 1.807) is 12.1 Å². The van der Waals surface area contributed by atoms with E-state index in [9.17, 15) is 18.4 Å². The molecule has 0 bridgehead atoms. The zero-order valence-electron chi connectivity index (χ0n) is 21.9. The van der Waals surface area contributed by atoms with Gasteiger partial charge in [-0.05, 0) is 36.8 Å². The minimum absolute atomic E-state index is 0.0877. The molecule has 1 aromatic heterocycles. The van der Waals surface area contributed by atoms with Crippen molar-refractivity contribution in [3.05, 3.63) is 65.9 Å². The molecular formula is C27H30F3N5O4. The van der Waals surface area contributed by atoms with Crippen LogP contribution in [0.2, 0.25) is 0 Å². The summed E-state index contributed by atoms with van der Waals surface area (Å²) in [5, 5.41) is 2.97. The molecule has 0 amide bonds. The van der Waals surface area contributed by atoms with Gasteiger partial charge in [-0.3, -0.25) is 14.5 Å². The summed E-state index contributed by atoms with van der Waals surface area (Å²) in [5.41, 5.74) is 1.70. The Balaban J connectivity index is 1.46. The number of nitrogens with zero attached hydrogens (tertiary/aromatic N) is 4. The number of ether oxygens (including phenoxy) is 2. The van der Waals surface area contributed by atoms with E-state index in [1.165, 1.54) is 43.1 Å². The molecule has 0 spiro atoms. The number of piperazine rings is 1. The molecule has 1 saturated heterocycles. The van der Waals surface area contributed by atoms with Crippen molar-refractivity contribution in [1.82, 2.24) is 14.5 Å². The highest BCUT2D eigenvalue weighted by Gasteiger charge is 2.27. The quantitative estimate of drug-likeness (QED) is 0.405. The zero-order chi connectivity index (χ0) is 28.1. The molecule has 0 atom stereocenters. The molecule has 2 aromatic carbocycles. The van der Waals surface area contributed by atoms with Gasteiger partial charge in [-0.25, -0.2) is 18.2 Å². The number of anilines is 3. The van der Waals surface area contributed by atoms with E-state index in [0.29, 0.717) is 37.7 Å². The third-order valence-electron chi connectivity index (χ3n) is 6.32. The first kappa shape index (κ1) is 28.0. The maximum absolute atomic E-state index is 15.7. The number of hydrogen-bond acceptors (Lipinski definition) is 8. The van der Waals surface area contributed by atoms with Crippen molar-refractivity contribution >= 4 is 29.1 Å². The molecule has 1 fully saturated rings. The summed E-state index contributed by atoms with van der Waals surface area (Å²) >= 11 is 0. The Hall–Kier alpha value is -4.06. The molecule has 1 aliphatic heterocycles. The van der Waals surface area contributed by atoms with Crippen LogP contribution in [0, 0.1) is 24.4 Å². The van der Waals surface area contributed by atoms with Crippen LogP contribution < -0.4 is 10.2 Å². The van der Waals surface area contributed by atoms with E-state index in [0.717, 1.165) is 11.6 Å². The van der Waals surface area contributed by atoms with Gasteiger partial charge in [-0.15, -0.1) is 0 Å². The van der Waals surface area contributed by atoms with Crippen LogP contribution in [0.25, 0.3) is 5.69 Å². The van der Waals surface area contributed by atoms with Gasteiger partial charge in [0.15, 0.2) is 5.82 Å². The molecule has 208 valence electrons. The van der Waals surface area contributed by atoms with Crippen molar-refractivity contribution in [1.29, 1.82) is 0 Å². The number of hydrogen-bond donors (Lipinski definition) is 1. The Kier molecular flexibility index (Phi) is 8.75. The number of carbonyl (C=O) groups excluding carboxylic acids is 2. The second-order valence-electron chi connectivity index (χ2n) is 9.35. The smallest absolute Gasteiger partial charge is 0.302 e. The molecule has 0 unspecified atom stereocenters. The molecule has 0 radical (unpaired) electrons. The topological polar surface area (TPSA) is 88.9 Å². The molecule has 0 aliphatic carbocycles. The van der Waals surface area contributed by atoms with Gasteiger partial charge in [0.2, 0.25) is 0 Å². The maximum Gasteiger partial charge on any atom is 0.302 e. The number of rotatable bonds is 9. The summed E-state index contributed by atoms with van der Waals surface area (Å²) in [6.45, 7) is 6.74. The molecule has 12 heteroatoms. The minimum Gasteiger partial charge on any atom is -0.464 e. The number of halogens is 3. The first-order valence-electron chi connectivity index (χ1n) is 12.4. The van der Waals surface area contributed by atoms with Crippen molar-refractivity contribution in [3.8, 4) is 5.69 Å². The van der Waals surface area contributed by atoms with Crippen molar-refractivity contribution in [3.63, 3.8) is 0 Å². The summed E-state index contributed by atoms with van der Waals surface area (Å²) in [4.78, 5) is 30.8. The number of aromatic nitrogens is 2. The Morgan fingerprint density at radius 2 is 1.56 bits per heavy atom. The second kappa shape index (κ2) is 12.2. The number of carbonyl (C=O) groups is 2. The largest absolute Gasteiger partial charge is 0.464 e. The standard InChI is InChI=1S/C27H30F3N5O4/c1-17-8-24(32-26-13-35(16-31-26)22-11-20(28)10-21(29)12-22)27(30)25(9-17)34-6-4-33(5-7-34)23(14-38-18(2)36)15-39-19(3)37/h8-13,16,23,32H,4-7,14-15H2,1-3H3. The van der Waals surface area contributed by atoms with E-state index in [-0.39, 0.29) is 30.6 Å². The average molecular weight is 546 g/mol. The van der Waals surface area contributed by atoms with E-state index in [1.807, 2.05) is 11.8 Å². The van der Waals surface area contributed by atoms with Crippen molar-refractivity contribution in [2.24, 2.45) is 0 Å². The molecule has 4 rings (SSSR count). The molecule has 9 nitrogen and oxygen atoms in total. The lowest BCUT2D eigenvalue weighted by Gasteiger charge is -2.40. The lowest BCUT2D eigenvalue weighted by molar-refractivity contribution is -0.147. The molecule has 0 saturated carbocycles. The zero-order valence-corrected chi connectivity index (χ0v) is 21.9. The van der Waals surface area contributed by atoms with Gasteiger partial charge in [0.1, 0.15) is 37.0 Å². The highest BCUT2D eigenvalue weighted by Crippen LogP contribution is 2.31. The van der Waals surface area contributed by atoms with E-state index < -0.39 is 29.4 Å². The van der Waals surface area contributed by atoms with Crippen molar-refractivity contribution < 1.29 is 32.2 Å². The molecule has 39 heavy (non-hydrogen) atoms. The van der Waals surface area contributed by atoms with E-state index in [2.05, 4.69) is 15.2 Å². The Morgan fingerprint density at radius 3 is 2.15 bits per heavy atom. The van der Waals surface area contributed by atoms with E-state index >= 15 is 4.39 Å². The lowest BCUT2D eigenvalue weighted by atomic mass is 10.1. The molecule has 1 aliphatic rings. The van der Waals surface area contributed by atoms with Crippen LogP contribution in [-0.4, -0.2) is 71.8 Å². The van der Waals surface area contributed by atoms with E-state index in [4.69, 9.17) is 9.47 Å². The van der Waals surface area contributed by atoms with Gasteiger partial charge in [-0.2, -0.15) is 0 Å². The molecular weight excluding hydrogens is 515 g/mol. The first-order valence-corrected chi connectivity index (χ1v) is 12.4. The summed E-state index contributed by atoms with van der Waals surface area (Å²) in [6.07, 6.45) is 2.90. The summed E-state index contributed by atoms with van der Waals surface area (Å²) in [5.74, 6) is -2.43. The van der Waals surface area contributed by atoms with Gasteiger partial charge in [0.25, 0.3) is 0 Å². The molecule has 2 heterocycles. The van der Waals surface area contributed by atoms with Crippen LogP contribution >= 0.6 is 0 Å². The van der Waals surface area contributed by atoms with Crippen LogP contribution in [0.1, 0.15) is 19.4 Å². The Morgan fingerprint density at radius 1 is 0.949 bits per heavy atom. The summed E-state index contributed by atoms with van der Waals surface area (Å²) in [7, 11) is 0. The highest BCUT2D eigenvalue weighted by atomic mass is 19.1. The van der Waals surface area contributed by atoms with Crippen LogP contribution in [-0.2, 0) is 19.1 Å². The SMILES string of the molecule is CC(=O)OCC(COC(C)=O)N1CCN(c2cc(C)cc(Nc3cn(-c4cc(F)cc(F)c4)cn3)c2F)CC1. The molecule has 1 N–H and O–H groups in total. The van der Waals surface area contributed by atoms with Crippen LogP contribution in [0.5, 0.6) is 0 Å². The fourth-order valence-corrected chi connectivity index (χ4v) is 4.44. The normalized spacial score (nSPS) is 14.0. The van der Waals surface area contributed by atoms with Crippen LogP contribution in [0.15, 0.2) is 42.9 Å². The third kappa shape index (κ3) is 7.29. The lowest BCUT2D eigenvalue weighted by Crippen LogP contribution is -2.53. The van der Waals surface area contributed by atoms with Gasteiger partial charge in [0, 0.05) is 46.1 Å². The number of aryl methyl sites for hydroxylation is 1. The predicted octanol–water partition coefficient (Wildman–Crippen LogP) is 3.96. The Labute approximate surface area is 224 Å². The number of benzene rings is 2. The van der Waals surface area contributed by atoms with Gasteiger partial charge in [-0.1, -0.05) is 0 Å². The first-order chi connectivity index (χ1) is 18.6. The minimum atomic E-state index is -0.716. The fraction of sp³-hybridized carbons (Fsp3) is 0.370. The third-order valence-corrected chi connectivity index (χ3v) is 6.32. The molecule has 3 aromatic rings. The van der Waals surface area contributed by atoms with Crippen molar-refractivity contribution in [2.75, 3.05) is 49.6 Å². The van der Waals surface area contributed by atoms with Crippen molar-refractivity contribution in [2.45, 2.75) is 26.8 Å². The van der Waals surface area contributed by atoms with Crippen LogP contribution in [0.3, 0.4) is 0 Å². The Bertz CT molecular complexity index is 1300. The predicted molar refractivity (Wildman–Crippen MR) is 139 cm³/mol.